The minimum atomic E-state index is -0.0817. The lowest BCUT2D eigenvalue weighted by atomic mass is 10.1. The summed E-state index contributed by atoms with van der Waals surface area (Å²) in [5.41, 5.74) is 1.04. The van der Waals surface area contributed by atoms with Crippen LogP contribution in [0.2, 0.25) is 0 Å². The Morgan fingerprint density at radius 1 is 1.18 bits per heavy atom. The molecule has 1 saturated carbocycles. The first-order valence-electron chi connectivity index (χ1n) is 10.2. The molecule has 1 heterocycles. The summed E-state index contributed by atoms with van der Waals surface area (Å²) in [5.74, 6) is 2.09. The molecule has 0 radical (unpaired) electrons. The third-order valence-corrected chi connectivity index (χ3v) is 4.91. The molecule has 2 amide bonds. The molecule has 2 N–H and O–H groups in total. The van der Waals surface area contributed by atoms with E-state index in [1.165, 1.54) is 17.7 Å². The van der Waals surface area contributed by atoms with Gasteiger partial charge in [0.05, 0.1) is 13.2 Å². The van der Waals surface area contributed by atoms with Gasteiger partial charge in [-0.1, -0.05) is 18.2 Å². The molecular weight excluding hydrogens is 356 g/mol. The lowest BCUT2D eigenvalue weighted by Crippen LogP contribution is -2.46. The maximum atomic E-state index is 11.9. The van der Waals surface area contributed by atoms with Crippen LogP contribution in [0.1, 0.15) is 44.6 Å². The SMILES string of the molecule is CCNC(=NCc1ccccc1OCC1CC1)NCCN1C(=O)CCCC1=O. The number of carbonyl (C=O) groups is 2. The van der Waals surface area contributed by atoms with Crippen LogP contribution in [-0.2, 0) is 16.1 Å². The molecule has 152 valence electrons. The van der Waals surface area contributed by atoms with E-state index in [1.54, 1.807) is 0 Å². The van der Waals surface area contributed by atoms with E-state index in [4.69, 9.17) is 4.74 Å². The molecule has 1 aromatic carbocycles. The van der Waals surface area contributed by atoms with Crippen molar-refractivity contribution in [2.45, 2.75) is 45.6 Å². The molecule has 1 aromatic rings. The lowest BCUT2D eigenvalue weighted by Gasteiger charge is -2.25. The van der Waals surface area contributed by atoms with Gasteiger partial charge in [0.15, 0.2) is 5.96 Å². The topological polar surface area (TPSA) is 83.0 Å². The Hall–Kier alpha value is -2.57. The van der Waals surface area contributed by atoms with E-state index in [1.807, 2.05) is 31.2 Å². The van der Waals surface area contributed by atoms with E-state index >= 15 is 0 Å². The van der Waals surface area contributed by atoms with E-state index in [9.17, 15) is 9.59 Å². The number of hydrogen-bond donors (Lipinski definition) is 2. The maximum absolute atomic E-state index is 11.9. The van der Waals surface area contributed by atoms with Crippen LogP contribution in [0.15, 0.2) is 29.3 Å². The van der Waals surface area contributed by atoms with Crippen LogP contribution in [-0.4, -0.2) is 48.9 Å². The van der Waals surface area contributed by atoms with Gasteiger partial charge in [-0.05, 0) is 38.2 Å². The molecule has 1 aliphatic heterocycles. The molecule has 7 heteroatoms. The second kappa shape index (κ2) is 10.1. The van der Waals surface area contributed by atoms with E-state index in [0.717, 1.165) is 24.5 Å². The Bertz CT molecular complexity index is 699. The number of para-hydroxylation sites is 1. The first kappa shape index (κ1) is 20.2. The van der Waals surface area contributed by atoms with Crippen LogP contribution in [0, 0.1) is 5.92 Å². The van der Waals surface area contributed by atoms with Crippen molar-refractivity contribution in [3.05, 3.63) is 29.8 Å². The van der Waals surface area contributed by atoms with E-state index in [-0.39, 0.29) is 11.8 Å². The average Bonchev–Trinajstić information content (AvgIpc) is 3.52. The Morgan fingerprint density at radius 2 is 1.93 bits per heavy atom. The number of ether oxygens (including phenoxy) is 1. The first-order chi connectivity index (χ1) is 13.7. The Kier molecular flexibility index (Phi) is 7.28. The third-order valence-electron chi connectivity index (χ3n) is 4.91. The fourth-order valence-corrected chi connectivity index (χ4v) is 3.11. The van der Waals surface area contributed by atoms with E-state index < -0.39 is 0 Å². The number of likely N-dealkylation sites (tertiary alicyclic amines) is 1. The lowest BCUT2D eigenvalue weighted by molar-refractivity contribution is -0.147. The summed E-state index contributed by atoms with van der Waals surface area (Å²) in [7, 11) is 0. The molecule has 7 nitrogen and oxygen atoms in total. The highest BCUT2D eigenvalue weighted by atomic mass is 16.5. The number of rotatable bonds is 9. The Labute approximate surface area is 166 Å². The van der Waals surface area contributed by atoms with Crippen molar-refractivity contribution in [2.24, 2.45) is 10.9 Å². The molecule has 2 fully saturated rings. The smallest absolute Gasteiger partial charge is 0.229 e. The molecule has 0 atom stereocenters. The molecule has 1 aliphatic carbocycles. The van der Waals surface area contributed by atoms with Gasteiger partial charge in [-0.3, -0.25) is 14.5 Å². The minimum Gasteiger partial charge on any atom is -0.493 e. The van der Waals surface area contributed by atoms with Crippen molar-refractivity contribution in [3.63, 3.8) is 0 Å². The van der Waals surface area contributed by atoms with Crippen LogP contribution >= 0.6 is 0 Å². The van der Waals surface area contributed by atoms with Crippen molar-refractivity contribution >= 4 is 17.8 Å². The molecule has 28 heavy (non-hydrogen) atoms. The molecule has 3 rings (SSSR count). The van der Waals surface area contributed by atoms with E-state index in [0.29, 0.717) is 50.8 Å². The predicted molar refractivity (Wildman–Crippen MR) is 108 cm³/mol. The maximum Gasteiger partial charge on any atom is 0.229 e. The van der Waals surface area contributed by atoms with Crippen LogP contribution in [0.25, 0.3) is 0 Å². The van der Waals surface area contributed by atoms with Gasteiger partial charge in [-0.15, -0.1) is 0 Å². The van der Waals surface area contributed by atoms with Crippen molar-refractivity contribution in [1.82, 2.24) is 15.5 Å². The number of amides is 2. The number of imide groups is 1. The summed E-state index contributed by atoms with van der Waals surface area (Å²) >= 11 is 0. The minimum absolute atomic E-state index is 0.0817. The van der Waals surface area contributed by atoms with Crippen LogP contribution in [0.5, 0.6) is 5.75 Å². The second-order valence-electron chi connectivity index (χ2n) is 7.28. The highest BCUT2D eigenvalue weighted by Gasteiger charge is 2.25. The fourth-order valence-electron chi connectivity index (χ4n) is 3.11. The number of hydrogen-bond acceptors (Lipinski definition) is 4. The van der Waals surface area contributed by atoms with Crippen molar-refractivity contribution in [1.29, 1.82) is 0 Å². The predicted octanol–water partition coefficient (Wildman–Crippen LogP) is 2.07. The molecule has 1 saturated heterocycles. The number of carbonyl (C=O) groups excluding carboxylic acids is 2. The van der Waals surface area contributed by atoms with Crippen molar-refractivity contribution in [3.8, 4) is 5.75 Å². The van der Waals surface area contributed by atoms with Gasteiger partial charge < -0.3 is 15.4 Å². The van der Waals surface area contributed by atoms with Gasteiger partial charge in [0, 0.05) is 38.0 Å². The molecule has 0 spiro atoms. The normalized spacial score (nSPS) is 17.6. The molecule has 0 unspecified atom stereocenters. The molecule has 2 aliphatic rings. The number of piperidine rings is 1. The van der Waals surface area contributed by atoms with Crippen LogP contribution < -0.4 is 15.4 Å². The van der Waals surface area contributed by atoms with Crippen LogP contribution in [0.3, 0.4) is 0 Å². The number of nitrogens with zero attached hydrogens (tertiary/aromatic N) is 2. The number of benzene rings is 1. The van der Waals surface area contributed by atoms with Gasteiger partial charge >= 0.3 is 0 Å². The van der Waals surface area contributed by atoms with Crippen molar-refractivity contribution in [2.75, 3.05) is 26.2 Å². The quantitative estimate of drug-likeness (QED) is 0.386. The zero-order chi connectivity index (χ0) is 19.8. The first-order valence-corrected chi connectivity index (χ1v) is 10.2. The molecule has 0 bridgehead atoms. The fraction of sp³-hybridized carbons (Fsp3) is 0.571. The largest absolute Gasteiger partial charge is 0.493 e. The van der Waals surface area contributed by atoms with Gasteiger partial charge in [-0.2, -0.15) is 0 Å². The molecular formula is C21H30N4O3. The average molecular weight is 386 g/mol. The highest BCUT2D eigenvalue weighted by Crippen LogP contribution is 2.30. The zero-order valence-corrected chi connectivity index (χ0v) is 16.6. The highest BCUT2D eigenvalue weighted by molar-refractivity contribution is 5.97. The summed E-state index contributed by atoms with van der Waals surface area (Å²) < 4.78 is 5.95. The van der Waals surface area contributed by atoms with E-state index in [2.05, 4.69) is 15.6 Å². The summed E-state index contributed by atoms with van der Waals surface area (Å²) in [6, 6.07) is 7.98. The van der Waals surface area contributed by atoms with Crippen LogP contribution in [0.4, 0.5) is 0 Å². The number of aliphatic imine (C=N–C) groups is 1. The zero-order valence-electron chi connectivity index (χ0n) is 16.6. The number of nitrogens with one attached hydrogen (secondary N) is 2. The van der Waals surface area contributed by atoms with Gasteiger partial charge in [0.2, 0.25) is 11.8 Å². The third kappa shape index (κ3) is 5.97. The van der Waals surface area contributed by atoms with Gasteiger partial charge in [0.1, 0.15) is 5.75 Å². The van der Waals surface area contributed by atoms with Crippen molar-refractivity contribution < 1.29 is 14.3 Å². The summed E-state index contributed by atoms with van der Waals surface area (Å²) in [6.07, 6.45) is 4.09. The standard InChI is InChI=1S/C21H30N4O3/c1-2-22-21(23-12-13-25-19(26)8-5-9-20(25)27)24-14-17-6-3-4-7-18(17)28-15-16-10-11-16/h3-4,6-7,16H,2,5,8-15H2,1H3,(H2,22,23,24). The molecule has 0 aromatic heterocycles. The Morgan fingerprint density at radius 3 is 2.64 bits per heavy atom. The second-order valence-corrected chi connectivity index (χ2v) is 7.28. The number of guanidine groups is 1. The Balaban J connectivity index is 1.53. The monoisotopic (exact) mass is 386 g/mol. The van der Waals surface area contributed by atoms with Gasteiger partial charge in [0.25, 0.3) is 0 Å². The summed E-state index contributed by atoms with van der Waals surface area (Å²) in [6.45, 7) is 4.84. The summed E-state index contributed by atoms with van der Waals surface area (Å²) in [5, 5.41) is 6.41. The summed E-state index contributed by atoms with van der Waals surface area (Å²) in [4.78, 5) is 29.8. The van der Waals surface area contributed by atoms with Gasteiger partial charge in [-0.25, -0.2) is 4.99 Å².